The van der Waals surface area contributed by atoms with Crippen LogP contribution in [0.4, 0.5) is 10.5 Å². The summed E-state index contributed by atoms with van der Waals surface area (Å²) in [6.45, 7) is 4.16. The van der Waals surface area contributed by atoms with E-state index in [0.717, 1.165) is 0 Å². The SMILES string of the molecule is CCOc1cc(C)n(C(=O)Nc2ccc(Cl)cc2)n1. The topological polar surface area (TPSA) is 56.1 Å². The molecule has 1 heterocycles. The molecule has 1 amide bonds. The van der Waals surface area contributed by atoms with Gasteiger partial charge in [0, 0.05) is 16.8 Å². The van der Waals surface area contributed by atoms with Gasteiger partial charge in [-0.1, -0.05) is 11.6 Å². The first-order chi connectivity index (χ1) is 9.10. The van der Waals surface area contributed by atoms with Crippen LogP contribution in [0.5, 0.6) is 5.88 Å². The molecule has 0 saturated carbocycles. The fraction of sp³-hybridized carbons (Fsp3) is 0.231. The minimum absolute atomic E-state index is 0.342. The third-order valence-electron chi connectivity index (χ3n) is 2.45. The van der Waals surface area contributed by atoms with Crippen LogP contribution in [0.15, 0.2) is 30.3 Å². The summed E-state index contributed by atoms with van der Waals surface area (Å²) in [5, 5.41) is 7.42. The van der Waals surface area contributed by atoms with Gasteiger partial charge in [0.2, 0.25) is 5.88 Å². The van der Waals surface area contributed by atoms with Crippen molar-refractivity contribution < 1.29 is 9.53 Å². The number of ether oxygens (including phenoxy) is 1. The molecule has 0 atom stereocenters. The highest BCUT2D eigenvalue weighted by atomic mass is 35.5. The van der Waals surface area contributed by atoms with Crippen LogP contribution in [-0.4, -0.2) is 22.4 Å². The zero-order chi connectivity index (χ0) is 13.8. The number of rotatable bonds is 3. The van der Waals surface area contributed by atoms with E-state index in [0.29, 0.717) is 28.9 Å². The standard InChI is InChI=1S/C13H14ClN3O2/c1-3-19-12-8-9(2)17(16-12)13(18)15-11-6-4-10(14)5-7-11/h4-8H,3H2,1-2H3,(H,15,18). The van der Waals surface area contributed by atoms with Crippen LogP contribution in [0.3, 0.4) is 0 Å². The van der Waals surface area contributed by atoms with Crippen LogP contribution < -0.4 is 10.1 Å². The van der Waals surface area contributed by atoms with E-state index in [1.54, 1.807) is 37.3 Å². The van der Waals surface area contributed by atoms with E-state index in [2.05, 4.69) is 10.4 Å². The van der Waals surface area contributed by atoms with Crippen LogP contribution in [0.1, 0.15) is 12.6 Å². The lowest BCUT2D eigenvalue weighted by molar-refractivity contribution is 0.249. The summed E-state index contributed by atoms with van der Waals surface area (Å²) in [7, 11) is 0. The first kappa shape index (κ1) is 13.4. The summed E-state index contributed by atoms with van der Waals surface area (Å²) in [4.78, 5) is 12.0. The molecule has 19 heavy (non-hydrogen) atoms. The van der Waals surface area contributed by atoms with E-state index in [-0.39, 0.29) is 6.03 Å². The Labute approximate surface area is 116 Å². The van der Waals surface area contributed by atoms with Crippen molar-refractivity contribution in [3.05, 3.63) is 41.0 Å². The maximum absolute atomic E-state index is 12.0. The average Bonchev–Trinajstić information content (AvgIpc) is 2.74. The maximum Gasteiger partial charge on any atom is 0.346 e. The summed E-state index contributed by atoms with van der Waals surface area (Å²) in [6, 6.07) is 8.23. The van der Waals surface area contributed by atoms with Crippen molar-refractivity contribution in [3.8, 4) is 5.88 Å². The molecular formula is C13H14ClN3O2. The highest BCUT2D eigenvalue weighted by Crippen LogP contribution is 2.15. The fourth-order valence-corrected chi connectivity index (χ4v) is 1.71. The van der Waals surface area contributed by atoms with Crippen molar-refractivity contribution in [2.75, 3.05) is 11.9 Å². The molecule has 100 valence electrons. The second kappa shape index (κ2) is 5.75. The predicted octanol–water partition coefficient (Wildman–Crippen LogP) is 3.32. The Morgan fingerprint density at radius 2 is 2.11 bits per heavy atom. The Morgan fingerprint density at radius 3 is 2.74 bits per heavy atom. The maximum atomic E-state index is 12.0. The molecule has 0 aliphatic heterocycles. The molecule has 0 radical (unpaired) electrons. The normalized spacial score (nSPS) is 10.3. The minimum atomic E-state index is -0.342. The summed E-state index contributed by atoms with van der Waals surface area (Å²) in [6.07, 6.45) is 0. The van der Waals surface area contributed by atoms with Crippen LogP contribution in [0.2, 0.25) is 5.02 Å². The number of hydrogen-bond acceptors (Lipinski definition) is 3. The van der Waals surface area contributed by atoms with Crippen molar-refractivity contribution in [1.29, 1.82) is 0 Å². The van der Waals surface area contributed by atoms with Crippen molar-refractivity contribution >= 4 is 23.3 Å². The number of nitrogens with zero attached hydrogens (tertiary/aromatic N) is 2. The monoisotopic (exact) mass is 279 g/mol. The molecule has 0 unspecified atom stereocenters. The largest absolute Gasteiger partial charge is 0.477 e. The zero-order valence-electron chi connectivity index (χ0n) is 10.7. The van der Waals surface area contributed by atoms with Gasteiger partial charge in [0.15, 0.2) is 0 Å². The summed E-state index contributed by atoms with van der Waals surface area (Å²) < 4.78 is 6.52. The molecule has 2 aromatic rings. The lowest BCUT2D eigenvalue weighted by Crippen LogP contribution is -2.21. The second-order valence-electron chi connectivity index (χ2n) is 3.91. The highest BCUT2D eigenvalue weighted by molar-refractivity contribution is 6.30. The number of carbonyl (C=O) groups is 1. The molecule has 1 aromatic heterocycles. The number of halogens is 1. The van der Waals surface area contributed by atoms with Crippen LogP contribution >= 0.6 is 11.6 Å². The Bertz CT molecular complexity index is 578. The van der Waals surface area contributed by atoms with E-state index < -0.39 is 0 Å². The number of anilines is 1. The summed E-state index contributed by atoms with van der Waals surface area (Å²) in [5.74, 6) is 0.436. The van der Waals surface area contributed by atoms with Gasteiger partial charge in [-0.2, -0.15) is 4.68 Å². The number of amides is 1. The molecular weight excluding hydrogens is 266 g/mol. The molecule has 0 aliphatic rings. The number of aryl methyl sites for hydroxylation is 1. The smallest absolute Gasteiger partial charge is 0.346 e. The minimum Gasteiger partial charge on any atom is -0.477 e. The van der Waals surface area contributed by atoms with Gasteiger partial charge >= 0.3 is 6.03 Å². The zero-order valence-corrected chi connectivity index (χ0v) is 11.4. The summed E-state index contributed by atoms with van der Waals surface area (Å²) in [5.41, 5.74) is 1.36. The molecule has 0 saturated heterocycles. The van der Waals surface area contributed by atoms with Crippen molar-refractivity contribution in [2.24, 2.45) is 0 Å². The van der Waals surface area contributed by atoms with E-state index in [9.17, 15) is 4.79 Å². The Balaban J connectivity index is 2.13. The second-order valence-corrected chi connectivity index (χ2v) is 4.34. The molecule has 0 bridgehead atoms. The molecule has 5 nitrogen and oxygen atoms in total. The average molecular weight is 280 g/mol. The number of aromatic nitrogens is 2. The number of benzene rings is 1. The van der Waals surface area contributed by atoms with Gasteiger partial charge in [-0.05, 0) is 38.1 Å². The highest BCUT2D eigenvalue weighted by Gasteiger charge is 2.12. The molecule has 6 heteroatoms. The Kier molecular flexibility index (Phi) is 4.06. The lowest BCUT2D eigenvalue weighted by atomic mass is 10.3. The third kappa shape index (κ3) is 3.26. The van der Waals surface area contributed by atoms with E-state index in [1.165, 1.54) is 4.68 Å². The van der Waals surface area contributed by atoms with Crippen LogP contribution in [0.25, 0.3) is 0 Å². The van der Waals surface area contributed by atoms with E-state index >= 15 is 0 Å². The van der Waals surface area contributed by atoms with Gasteiger partial charge in [0.05, 0.1) is 12.3 Å². The van der Waals surface area contributed by atoms with Gasteiger partial charge in [-0.3, -0.25) is 0 Å². The lowest BCUT2D eigenvalue weighted by Gasteiger charge is -2.06. The molecule has 0 spiro atoms. The first-order valence-electron chi connectivity index (χ1n) is 5.86. The van der Waals surface area contributed by atoms with Crippen molar-refractivity contribution in [3.63, 3.8) is 0 Å². The molecule has 1 aromatic carbocycles. The van der Waals surface area contributed by atoms with Crippen molar-refractivity contribution in [1.82, 2.24) is 9.78 Å². The number of carbonyl (C=O) groups excluding carboxylic acids is 1. The van der Waals surface area contributed by atoms with Crippen LogP contribution in [0, 0.1) is 6.92 Å². The Morgan fingerprint density at radius 1 is 1.42 bits per heavy atom. The van der Waals surface area contributed by atoms with Gasteiger partial charge in [-0.15, -0.1) is 5.10 Å². The molecule has 2 rings (SSSR count). The van der Waals surface area contributed by atoms with Crippen LogP contribution in [-0.2, 0) is 0 Å². The molecule has 0 fully saturated rings. The van der Waals surface area contributed by atoms with E-state index in [4.69, 9.17) is 16.3 Å². The first-order valence-corrected chi connectivity index (χ1v) is 6.24. The third-order valence-corrected chi connectivity index (χ3v) is 2.70. The predicted molar refractivity (Wildman–Crippen MR) is 74.0 cm³/mol. The quantitative estimate of drug-likeness (QED) is 0.938. The molecule has 0 aliphatic carbocycles. The molecule has 1 N–H and O–H groups in total. The van der Waals surface area contributed by atoms with Gasteiger partial charge in [0.25, 0.3) is 0 Å². The fourth-order valence-electron chi connectivity index (χ4n) is 1.58. The number of nitrogens with one attached hydrogen (secondary N) is 1. The van der Waals surface area contributed by atoms with Gasteiger partial charge < -0.3 is 10.1 Å². The summed E-state index contributed by atoms with van der Waals surface area (Å²) >= 11 is 5.78. The van der Waals surface area contributed by atoms with Crippen molar-refractivity contribution in [2.45, 2.75) is 13.8 Å². The van der Waals surface area contributed by atoms with E-state index in [1.807, 2.05) is 6.92 Å². The van der Waals surface area contributed by atoms with Gasteiger partial charge in [-0.25, -0.2) is 4.79 Å². The number of hydrogen-bond donors (Lipinski definition) is 1. The Hall–Kier alpha value is -2.01. The van der Waals surface area contributed by atoms with Gasteiger partial charge in [0.1, 0.15) is 0 Å².